The number of amides is 2. The molecule has 0 bridgehead atoms. The molecule has 6 heteroatoms. The molecule has 2 amide bonds. The lowest BCUT2D eigenvalue weighted by atomic mass is 9.97. The molecule has 0 radical (unpaired) electrons. The number of nitrogens with one attached hydrogen (secondary N) is 1. The summed E-state index contributed by atoms with van der Waals surface area (Å²) < 4.78 is 12.8. The van der Waals surface area contributed by atoms with Gasteiger partial charge in [0.25, 0.3) is 0 Å². The van der Waals surface area contributed by atoms with E-state index >= 15 is 0 Å². The van der Waals surface area contributed by atoms with Crippen molar-refractivity contribution in [2.24, 2.45) is 5.92 Å². The predicted molar refractivity (Wildman–Crippen MR) is 70.7 cm³/mol. The largest absolute Gasteiger partial charge is 0.481 e. The molecular formula is C14H17FN2O3. The fraction of sp³-hybridized carbons (Fsp3) is 0.429. The lowest BCUT2D eigenvalue weighted by molar-refractivity contribution is -0.139. The van der Waals surface area contributed by atoms with Crippen molar-refractivity contribution in [2.45, 2.75) is 19.4 Å². The van der Waals surface area contributed by atoms with Crippen molar-refractivity contribution in [3.8, 4) is 0 Å². The monoisotopic (exact) mass is 280 g/mol. The minimum absolute atomic E-state index is 0.0411. The second-order valence-electron chi connectivity index (χ2n) is 5.09. The Balaban J connectivity index is 1.80. The Morgan fingerprint density at radius 2 is 2.00 bits per heavy atom. The first-order valence-electron chi connectivity index (χ1n) is 6.48. The summed E-state index contributed by atoms with van der Waals surface area (Å²) in [6.07, 6.45) is 0.0945. The summed E-state index contributed by atoms with van der Waals surface area (Å²) in [5.41, 5.74) is 0.822. The van der Waals surface area contributed by atoms with Crippen LogP contribution in [0.5, 0.6) is 0 Å². The minimum atomic E-state index is -0.838. The van der Waals surface area contributed by atoms with E-state index in [2.05, 4.69) is 5.32 Å². The average molecular weight is 280 g/mol. The molecule has 1 aliphatic rings. The van der Waals surface area contributed by atoms with Crippen LogP contribution in [0.1, 0.15) is 24.9 Å². The third-order valence-corrected chi connectivity index (χ3v) is 3.42. The molecule has 1 unspecified atom stereocenters. The second kappa shape index (κ2) is 5.90. The number of halogens is 1. The van der Waals surface area contributed by atoms with Crippen LogP contribution in [0.15, 0.2) is 24.3 Å². The zero-order valence-corrected chi connectivity index (χ0v) is 11.2. The van der Waals surface area contributed by atoms with E-state index in [4.69, 9.17) is 5.11 Å². The van der Waals surface area contributed by atoms with E-state index < -0.39 is 5.97 Å². The number of likely N-dealkylation sites (tertiary alicyclic amines) is 1. The maximum Gasteiger partial charge on any atom is 0.317 e. The van der Waals surface area contributed by atoms with Gasteiger partial charge in [-0.05, 0) is 24.6 Å². The molecule has 1 heterocycles. The number of hydrogen-bond acceptors (Lipinski definition) is 2. The first kappa shape index (κ1) is 14.3. The van der Waals surface area contributed by atoms with E-state index in [0.717, 1.165) is 5.56 Å². The smallest absolute Gasteiger partial charge is 0.317 e. The summed E-state index contributed by atoms with van der Waals surface area (Å²) in [5, 5.41) is 11.4. The number of carboxylic acids is 1. The van der Waals surface area contributed by atoms with Crippen molar-refractivity contribution in [1.82, 2.24) is 10.2 Å². The molecule has 5 nitrogen and oxygen atoms in total. The summed E-state index contributed by atoms with van der Waals surface area (Å²) in [5.74, 6) is -1.11. The molecule has 1 saturated heterocycles. The number of carbonyl (C=O) groups excluding carboxylic acids is 1. The highest BCUT2D eigenvalue weighted by Gasteiger charge is 2.32. The van der Waals surface area contributed by atoms with Gasteiger partial charge in [0.15, 0.2) is 0 Å². The summed E-state index contributed by atoms with van der Waals surface area (Å²) in [7, 11) is 0. The van der Waals surface area contributed by atoms with Gasteiger partial charge in [-0.25, -0.2) is 9.18 Å². The van der Waals surface area contributed by atoms with Crippen LogP contribution >= 0.6 is 0 Å². The fourth-order valence-electron chi connectivity index (χ4n) is 2.22. The molecule has 0 aliphatic carbocycles. The lowest BCUT2D eigenvalue weighted by Gasteiger charge is -2.39. The van der Waals surface area contributed by atoms with Crippen LogP contribution < -0.4 is 5.32 Å². The number of carboxylic acid groups (broad SMARTS) is 1. The Labute approximate surface area is 116 Å². The quantitative estimate of drug-likeness (QED) is 0.886. The van der Waals surface area contributed by atoms with E-state index in [0.29, 0.717) is 13.1 Å². The SMILES string of the molecule is CC(NC(=O)N1CC(CC(=O)O)C1)c1ccc(F)cc1. The Hall–Kier alpha value is -2.11. The number of hydrogen-bond donors (Lipinski definition) is 2. The van der Waals surface area contributed by atoms with Gasteiger partial charge < -0.3 is 15.3 Å². The van der Waals surface area contributed by atoms with E-state index in [9.17, 15) is 14.0 Å². The molecule has 1 fully saturated rings. The van der Waals surface area contributed by atoms with Crippen LogP contribution in [0.4, 0.5) is 9.18 Å². The lowest BCUT2D eigenvalue weighted by Crippen LogP contribution is -2.54. The number of nitrogens with zero attached hydrogens (tertiary/aromatic N) is 1. The zero-order chi connectivity index (χ0) is 14.7. The Morgan fingerprint density at radius 1 is 1.40 bits per heavy atom. The van der Waals surface area contributed by atoms with Gasteiger partial charge in [-0.15, -0.1) is 0 Å². The van der Waals surface area contributed by atoms with Crippen molar-refractivity contribution < 1.29 is 19.1 Å². The van der Waals surface area contributed by atoms with Gasteiger partial charge in [-0.3, -0.25) is 4.79 Å². The van der Waals surface area contributed by atoms with Crippen LogP contribution in [0.25, 0.3) is 0 Å². The van der Waals surface area contributed by atoms with Crippen LogP contribution in [-0.2, 0) is 4.79 Å². The number of urea groups is 1. The standard InChI is InChI=1S/C14H17FN2O3/c1-9(11-2-4-12(15)5-3-11)16-14(20)17-7-10(8-17)6-13(18)19/h2-5,9-10H,6-8H2,1H3,(H,16,20)(H,18,19). The highest BCUT2D eigenvalue weighted by atomic mass is 19.1. The van der Waals surface area contributed by atoms with Gasteiger partial charge in [0, 0.05) is 19.0 Å². The molecule has 0 saturated carbocycles. The molecule has 0 spiro atoms. The average Bonchev–Trinajstić information content (AvgIpc) is 2.33. The first-order chi connectivity index (χ1) is 9.45. The number of carbonyl (C=O) groups is 2. The summed E-state index contributed by atoms with van der Waals surface area (Å²) >= 11 is 0. The second-order valence-corrected chi connectivity index (χ2v) is 5.09. The van der Waals surface area contributed by atoms with Crippen LogP contribution in [0.2, 0.25) is 0 Å². The summed E-state index contributed by atoms with van der Waals surface area (Å²) in [6.45, 7) is 2.75. The van der Waals surface area contributed by atoms with E-state index in [-0.39, 0.29) is 30.2 Å². The normalized spacial score (nSPS) is 16.4. The Kier molecular flexibility index (Phi) is 4.22. The van der Waals surface area contributed by atoms with Gasteiger partial charge in [-0.1, -0.05) is 12.1 Å². The van der Waals surface area contributed by atoms with Gasteiger partial charge in [0.2, 0.25) is 0 Å². The van der Waals surface area contributed by atoms with Gasteiger partial charge in [0.05, 0.1) is 12.5 Å². The van der Waals surface area contributed by atoms with E-state index in [1.54, 1.807) is 17.0 Å². The number of benzene rings is 1. The molecule has 2 rings (SSSR count). The molecule has 0 aromatic heterocycles. The van der Waals surface area contributed by atoms with Gasteiger partial charge in [-0.2, -0.15) is 0 Å². The molecular weight excluding hydrogens is 263 g/mol. The van der Waals surface area contributed by atoms with Gasteiger partial charge >= 0.3 is 12.0 Å². The topological polar surface area (TPSA) is 69.6 Å². The maximum atomic E-state index is 12.8. The Morgan fingerprint density at radius 3 is 2.55 bits per heavy atom. The van der Waals surface area contributed by atoms with Crippen LogP contribution in [-0.4, -0.2) is 35.1 Å². The van der Waals surface area contributed by atoms with Crippen molar-refractivity contribution in [3.05, 3.63) is 35.6 Å². The van der Waals surface area contributed by atoms with E-state index in [1.807, 2.05) is 6.92 Å². The third-order valence-electron chi connectivity index (χ3n) is 3.42. The molecule has 1 aromatic rings. The Bertz CT molecular complexity index is 498. The number of aliphatic carboxylic acids is 1. The molecule has 1 atom stereocenters. The highest BCUT2D eigenvalue weighted by molar-refractivity contribution is 5.76. The third kappa shape index (κ3) is 3.46. The fourth-order valence-corrected chi connectivity index (χ4v) is 2.22. The van der Waals surface area contributed by atoms with Crippen LogP contribution in [0, 0.1) is 11.7 Å². The van der Waals surface area contributed by atoms with Crippen molar-refractivity contribution in [3.63, 3.8) is 0 Å². The minimum Gasteiger partial charge on any atom is -0.481 e. The summed E-state index contributed by atoms with van der Waals surface area (Å²) in [6, 6.07) is 5.52. The summed E-state index contributed by atoms with van der Waals surface area (Å²) in [4.78, 5) is 24.0. The predicted octanol–water partition coefficient (Wildman–Crippen LogP) is 2.00. The maximum absolute atomic E-state index is 12.8. The molecule has 1 aliphatic heterocycles. The zero-order valence-electron chi connectivity index (χ0n) is 11.2. The molecule has 108 valence electrons. The first-order valence-corrected chi connectivity index (χ1v) is 6.48. The molecule has 20 heavy (non-hydrogen) atoms. The van der Waals surface area contributed by atoms with E-state index in [1.165, 1.54) is 12.1 Å². The van der Waals surface area contributed by atoms with Gasteiger partial charge in [0.1, 0.15) is 5.82 Å². The van der Waals surface area contributed by atoms with Crippen molar-refractivity contribution in [1.29, 1.82) is 0 Å². The molecule has 1 aromatic carbocycles. The molecule has 2 N–H and O–H groups in total. The number of rotatable bonds is 4. The highest BCUT2D eigenvalue weighted by Crippen LogP contribution is 2.20. The van der Waals surface area contributed by atoms with Crippen molar-refractivity contribution in [2.75, 3.05) is 13.1 Å². The van der Waals surface area contributed by atoms with Crippen molar-refractivity contribution >= 4 is 12.0 Å². The van der Waals surface area contributed by atoms with Crippen LogP contribution in [0.3, 0.4) is 0 Å².